The fourth-order valence-corrected chi connectivity index (χ4v) is 4.86. The van der Waals surface area contributed by atoms with Crippen LogP contribution in [0.2, 0.25) is 5.02 Å². The number of rotatable bonds is 7. The molecule has 192 valence electrons. The number of hydrogen-bond acceptors (Lipinski definition) is 2. The molecule has 0 aliphatic heterocycles. The lowest BCUT2D eigenvalue weighted by Crippen LogP contribution is -2.32. The van der Waals surface area contributed by atoms with Crippen molar-refractivity contribution in [1.29, 1.82) is 0 Å². The number of H-pyrrole nitrogens is 1. The third-order valence-corrected chi connectivity index (χ3v) is 6.69. The lowest BCUT2D eigenvalue weighted by atomic mass is 9.95. The fourth-order valence-electron chi connectivity index (χ4n) is 4.74. The molecule has 2 heterocycles. The molecule has 0 fully saturated rings. The van der Waals surface area contributed by atoms with Crippen LogP contribution in [0, 0.1) is 24.4 Å². The summed E-state index contributed by atoms with van der Waals surface area (Å²) in [4.78, 5) is 21.1. The summed E-state index contributed by atoms with van der Waals surface area (Å²) >= 11 is 6.07. The van der Waals surface area contributed by atoms with Crippen molar-refractivity contribution >= 4 is 28.4 Å². The highest BCUT2D eigenvalue weighted by Gasteiger charge is 2.23. The predicted octanol–water partition coefficient (Wildman–Crippen LogP) is 7.25. The second kappa shape index (κ2) is 10.7. The summed E-state index contributed by atoms with van der Waals surface area (Å²) in [7, 11) is 0. The maximum Gasteiger partial charge on any atom is 0.225 e. The summed E-state index contributed by atoms with van der Waals surface area (Å²) in [6.45, 7) is 1.82. The maximum atomic E-state index is 14.0. The van der Waals surface area contributed by atoms with Gasteiger partial charge in [0, 0.05) is 39.4 Å². The van der Waals surface area contributed by atoms with E-state index in [-0.39, 0.29) is 18.7 Å². The maximum absolute atomic E-state index is 14.0. The monoisotopic (exact) mass is 533 g/mol. The summed E-state index contributed by atoms with van der Waals surface area (Å²) < 4.78 is 42.0. The van der Waals surface area contributed by atoms with Gasteiger partial charge in [-0.15, -0.1) is 0 Å². The average molecular weight is 534 g/mol. The molecule has 0 saturated carbocycles. The van der Waals surface area contributed by atoms with Crippen LogP contribution in [-0.2, 0) is 17.6 Å². The summed E-state index contributed by atoms with van der Waals surface area (Å²) in [5.74, 6) is -2.15. The van der Waals surface area contributed by atoms with E-state index < -0.39 is 23.5 Å². The van der Waals surface area contributed by atoms with Gasteiger partial charge in [-0.1, -0.05) is 29.8 Å². The van der Waals surface area contributed by atoms with Crippen LogP contribution in [0.4, 0.5) is 13.2 Å². The lowest BCUT2D eigenvalue weighted by Gasteiger charge is -2.22. The minimum atomic E-state index is -0.710. The van der Waals surface area contributed by atoms with Gasteiger partial charge in [0.25, 0.3) is 0 Å². The normalized spacial score (nSPS) is 12.0. The van der Waals surface area contributed by atoms with Gasteiger partial charge in [0.05, 0.1) is 18.2 Å². The Balaban J connectivity index is 1.51. The van der Waals surface area contributed by atoms with Crippen molar-refractivity contribution in [3.8, 4) is 11.1 Å². The first-order valence-corrected chi connectivity index (χ1v) is 12.4. The number of fused-ring (bicyclic) bond motifs is 1. The first-order valence-electron chi connectivity index (χ1n) is 12.0. The summed E-state index contributed by atoms with van der Waals surface area (Å²) in [5, 5.41) is 4.21. The number of aryl methyl sites for hydroxylation is 1. The number of aromatic nitrogens is 2. The Kier molecular flexibility index (Phi) is 7.20. The summed E-state index contributed by atoms with van der Waals surface area (Å²) in [5.41, 5.74) is 4.63. The molecule has 0 spiro atoms. The van der Waals surface area contributed by atoms with E-state index in [0.717, 1.165) is 28.4 Å². The molecule has 2 N–H and O–H groups in total. The number of nitrogens with one attached hydrogen (secondary N) is 2. The van der Waals surface area contributed by atoms with E-state index in [2.05, 4.69) is 15.3 Å². The lowest BCUT2D eigenvalue weighted by molar-refractivity contribution is -0.121. The van der Waals surface area contributed by atoms with E-state index in [9.17, 15) is 18.0 Å². The Hall–Kier alpha value is -4.10. The Labute approximate surface area is 222 Å². The zero-order valence-corrected chi connectivity index (χ0v) is 21.1. The van der Waals surface area contributed by atoms with E-state index in [0.29, 0.717) is 27.2 Å². The minimum absolute atomic E-state index is 0.0214. The average Bonchev–Trinajstić information content (AvgIpc) is 3.17. The zero-order valence-electron chi connectivity index (χ0n) is 20.4. The van der Waals surface area contributed by atoms with E-state index >= 15 is 0 Å². The van der Waals surface area contributed by atoms with Crippen LogP contribution in [0.5, 0.6) is 0 Å². The van der Waals surface area contributed by atoms with E-state index in [4.69, 9.17) is 11.6 Å². The number of hydrogen-bond donors (Lipinski definition) is 2. The molecule has 0 aliphatic rings. The van der Waals surface area contributed by atoms with Gasteiger partial charge in [-0.3, -0.25) is 9.78 Å². The topological polar surface area (TPSA) is 57.8 Å². The largest absolute Gasteiger partial charge is 0.358 e. The molecule has 3 aromatic carbocycles. The van der Waals surface area contributed by atoms with Crippen molar-refractivity contribution in [2.75, 3.05) is 0 Å². The molecular weight excluding hydrogens is 511 g/mol. The van der Waals surface area contributed by atoms with E-state index in [1.807, 2.05) is 25.1 Å². The van der Waals surface area contributed by atoms with Crippen molar-refractivity contribution in [3.63, 3.8) is 0 Å². The van der Waals surface area contributed by atoms with Crippen LogP contribution < -0.4 is 5.32 Å². The number of benzene rings is 3. The van der Waals surface area contributed by atoms with Crippen molar-refractivity contribution < 1.29 is 18.0 Å². The molecule has 0 saturated heterocycles. The van der Waals surface area contributed by atoms with Gasteiger partial charge in [0.2, 0.25) is 5.91 Å². The van der Waals surface area contributed by atoms with Gasteiger partial charge in [-0.25, -0.2) is 13.2 Å². The molecule has 1 unspecified atom stereocenters. The molecule has 5 rings (SSSR count). The van der Waals surface area contributed by atoms with Gasteiger partial charge >= 0.3 is 0 Å². The quantitative estimate of drug-likeness (QED) is 0.231. The molecule has 2 aromatic heterocycles. The first kappa shape index (κ1) is 25.5. The molecule has 0 bridgehead atoms. The molecule has 1 atom stereocenters. The first-order chi connectivity index (χ1) is 18.3. The highest BCUT2D eigenvalue weighted by Crippen LogP contribution is 2.30. The number of aromatic amines is 1. The van der Waals surface area contributed by atoms with Crippen LogP contribution in [0.1, 0.15) is 28.6 Å². The predicted molar refractivity (Wildman–Crippen MR) is 142 cm³/mol. The van der Waals surface area contributed by atoms with Crippen molar-refractivity contribution in [3.05, 3.63) is 124 Å². The van der Waals surface area contributed by atoms with Crippen LogP contribution in [-0.4, -0.2) is 15.9 Å². The van der Waals surface area contributed by atoms with E-state index in [1.165, 1.54) is 24.3 Å². The molecule has 0 radical (unpaired) electrons. The number of carbonyl (C=O) groups is 1. The number of halogens is 4. The number of pyridine rings is 1. The van der Waals surface area contributed by atoms with Gasteiger partial charge < -0.3 is 10.3 Å². The number of amides is 1. The fraction of sp³-hybridized carbons (Fsp3) is 0.133. The minimum Gasteiger partial charge on any atom is -0.358 e. The van der Waals surface area contributed by atoms with Crippen LogP contribution in [0.3, 0.4) is 0 Å². The molecule has 8 heteroatoms. The number of carbonyl (C=O) groups excluding carboxylic acids is 1. The van der Waals surface area contributed by atoms with Crippen molar-refractivity contribution in [1.82, 2.24) is 15.3 Å². The Morgan fingerprint density at radius 3 is 2.45 bits per heavy atom. The summed E-state index contributed by atoms with van der Waals surface area (Å²) in [6, 6.07) is 17.8. The highest BCUT2D eigenvalue weighted by atomic mass is 35.5. The van der Waals surface area contributed by atoms with Crippen molar-refractivity contribution in [2.45, 2.75) is 25.8 Å². The molecule has 1 amide bonds. The molecule has 5 aromatic rings. The standard InChI is InChI=1S/C30H23ClF3N3O/c1-17-25(26-15-21(32)8-9-27(26)36-17)16-29(38)37-28(13-18-11-22(33)14-23(34)12-18)30-24(3-2-10-35-30)19-4-6-20(31)7-5-19/h2-12,14-15,28,36H,13,16H2,1H3,(H,37,38). The van der Waals surface area contributed by atoms with Gasteiger partial charge in [0.15, 0.2) is 0 Å². The Bertz CT molecular complexity index is 1610. The van der Waals surface area contributed by atoms with Crippen LogP contribution >= 0.6 is 11.6 Å². The van der Waals surface area contributed by atoms with Crippen LogP contribution in [0.15, 0.2) is 79.0 Å². The smallest absolute Gasteiger partial charge is 0.225 e. The van der Waals surface area contributed by atoms with Crippen LogP contribution in [0.25, 0.3) is 22.0 Å². The van der Waals surface area contributed by atoms with Crippen molar-refractivity contribution in [2.24, 2.45) is 0 Å². The second-order valence-electron chi connectivity index (χ2n) is 9.14. The van der Waals surface area contributed by atoms with Gasteiger partial charge in [-0.05, 0) is 78.6 Å². The van der Waals surface area contributed by atoms with Gasteiger partial charge in [-0.2, -0.15) is 0 Å². The Morgan fingerprint density at radius 1 is 0.974 bits per heavy atom. The third kappa shape index (κ3) is 5.58. The molecule has 0 aliphatic carbocycles. The second-order valence-corrected chi connectivity index (χ2v) is 9.58. The zero-order chi connectivity index (χ0) is 26.8. The highest BCUT2D eigenvalue weighted by molar-refractivity contribution is 6.30. The summed E-state index contributed by atoms with van der Waals surface area (Å²) in [6.07, 6.45) is 1.68. The Morgan fingerprint density at radius 2 is 1.71 bits per heavy atom. The number of nitrogens with zero attached hydrogens (tertiary/aromatic N) is 1. The SMILES string of the molecule is Cc1[nH]c2ccc(F)cc2c1CC(=O)NC(Cc1cc(F)cc(F)c1)c1ncccc1-c1ccc(Cl)cc1. The van der Waals surface area contributed by atoms with E-state index in [1.54, 1.807) is 30.5 Å². The van der Waals surface area contributed by atoms with Gasteiger partial charge in [0.1, 0.15) is 17.5 Å². The molecular formula is C30H23ClF3N3O. The third-order valence-electron chi connectivity index (χ3n) is 6.44. The molecule has 38 heavy (non-hydrogen) atoms. The molecule has 4 nitrogen and oxygen atoms in total.